The molecule has 0 radical (unpaired) electrons. The van der Waals surface area contributed by atoms with Gasteiger partial charge in [0.05, 0.1) is 0 Å². The molecule has 4 heteroatoms. The molecule has 1 aromatic heterocycles. The molecule has 0 aliphatic heterocycles. The van der Waals surface area contributed by atoms with E-state index in [9.17, 15) is 4.79 Å². The molecule has 0 aliphatic rings. The van der Waals surface area contributed by atoms with Crippen molar-refractivity contribution < 1.29 is 9.53 Å². The van der Waals surface area contributed by atoms with Gasteiger partial charge in [0, 0.05) is 6.20 Å². The van der Waals surface area contributed by atoms with Crippen LogP contribution in [0.1, 0.15) is 34.6 Å². The third-order valence-corrected chi connectivity index (χ3v) is 2.30. The van der Waals surface area contributed by atoms with Crippen molar-refractivity contribution in [1.29, 1.82) is 0 Å². The molecule has 1 rings (SSSR count). The number of nitrogens with zero attached hydrogens (tertiary/aromatic N) is 1. The number of carbonyl (C=O) groups excluding carboxylic acids is 1. The Morgan fingerprint density at radius 1 is 1.33 bits per heavy atom. The minimum atomic E-state index is -0.476. The van der Waals surface area contributed by atoms with Crippen LogP contribution < -0.4 is 5.32 Å². The number of esters is 1. The highest BCUT2D eigenvalue weighted by Crippen LogP contribution is 2.15. The number of hydrogen-bond donors (Lipinski definition) is 1. The van der Waals surface area contributed by atoms with Gasteiger partial charge in [-0.05, 0) is 38.8 Å². The Hall–Kier alpha value is -1.58. The monoisotopic (exact) mass is 250 g/mol. The third-order valence-electron chi connectivity index (χ3n) is 2.30. The summed E-state index contributed by atoms with van der Waals surface area (Å²) in [6.07, 6.45) is 1.69. The van der Waals surface area contributed by atoms with Gasteiger partial charge in [-0.3, -0.25) is 0 Å². The Balaban J connectivity index is 2.75. The van der Waals surface area contributed by atoms with Gasteiger partial charge in [-0.25, -0.2) is 9.78 Å². The first kappa shape index (κ1) is 14.5. The minimum Gasteiger partial charge on any atom is -0.458 e. The van der Waals surface area contributed by atoms with E-state index < -0.39 is 5.60 Å². The first-order valence-corrected chi connectivity index (χ1v) is 6.20. The summed E-state index contributed by atoms with van der Waals surface area (Å²) in [6.45, 7) is 9.55. The van der Waals surface area contributed by atoms with Gasteiger partial charge in [-0.15, -0.1) is 0 Å². The Kier molecular flexibility index (Phi) is 4.70. The molecule has 0 bridgehead atoms. The molecule has 0 saturated heterocycles. The Morgan fingerprint density at radius 2 is 2.00 bits per heavy atom. The van der Waals surface area contributed by atoms with Crippen molar-refractivity contribution in [3.8, 4) is 0 Å². The number of rotatable bonds is 4. The number of anilines is 1. The second-order valence-corrected chi connectivity index (χ2v) is 5.61. The summed E-state index contributed by atoms with van der Waals surface area (Å²) >= 11 is 0. The molecule has 1 N–H and O–H groups in total. The number of carbonyl (C=O) groups is 1. The minimum absolute atomic E-state index is 0.127. The molecular formula is C14H22N2O2. The highest BCUT2D eigenvalue weighted by atomic mass is 16.6. The second kappa shape index (κ2) is 5.85. The van der Waals surface area contributed by atoms with Crippen LogP contribution in [0.4, 0.5) is 5.82 Å². The zero-order valence-corrected chi connectivity index (χ0v) is 11.7. The smallest absolute Gasteiger partial charge is 0.329 e. The summed E-state index contributed by atoms with van der Waals surface area (Å²) in [5.41, 5.74) is -0.476. The molecule has 0 spiro atoms. The van der Waals surface area contributed by atoms with E-state index in [4.69, 9.17) is 4.74 Å². The highest BCUT2D eigenvalue weighted by Gasteiger charge is 2.27. The van der Waals surface area contributed by atoms with E-state index in [1.54, 1.807) is 6.20 Å². The van der Waals surface area contributed by atoms with Crippen LogP contribution in [0.15, 0.2) is 24.4 Å². The first-order chi connectivity index (χ1) is 8.29. The molecule has 1 heterocycles. The summed E-state index contributed by atoms with van der Waals surface area (Å²) in [5, 5.41) is 3.12. The predicted octanol–water partition coefficient (Wildman–Crippen LogP) is 2.86. The van der Waals surface area contributed by atoms with E-state index in [1.807, 2.05) is 52.8 Å². The molecule has 0 amide bonds. The van der Waals surface area contributed by atoms with Crippen molar-refractivity contribution in [1.82, 2.24) is 4.98 Å². The van der Waals surface area contributed by atoms with Gasteiger partial charge in [0.15, 0.2) is 0 Å². The fourth-order valence-electron chi connectivity index (χ4n) is 1.47. The van der Waals surface area contributed by atoms with Crippen molar-refractivity contribution in [2.45, 2.75) is 46.3 Å². The highest BCUT2D eigenvalue weighted by molar-refractivity contribution is 5.79. The number of hydrogen-bond acceptors (Lipinski definition) is 4. The fourth-order valence-corrected chi connectivity index (χ4v) is 1.47. The van der Waals surface area contributed by atoms with Crippen LogP contribution in [0, 0.1) is 5.92 Å². The molecule has 18 heavy (non-hydrogen) atoms. The molecule has 1 atom stereocenters. The van der Waals surface area contributed by atoms with Gasteiger partial charge >= 0.3 is 5.97 Å². The molecule has 1 aromatic rings. The van der Waals surface area contributed by atoms with Gasteiger partial charge in [0.2, 0.25) is 0 Å². The lowest BCUT2D eigenvalue weighted by Gasteiger charge is -2.26. The molecule has 100 valence electrons. The quantitative estimate of drug-likeness (QED) is 0.835. The Labute approximate surface area is 109 Å². The van der Waals surface area contributed by atoms with E-state index in [0.29, 0.717) is 5.82 Å². The van der Waals surface area contributed by atoms with Gasteiger partial charge in [-0.2, -0.15) is 0 Å². The summed E-state index contributed by atoms with van der Waals surface area (Å²) in [5.74, 6) is 0.562. The van der Waals surface area contributed by atoms with E-state index in [0.717, 1.165) is 0 Å². The molecule has 0 fully saturated rings. The average Bonchev–Trinajstić information content (AvgIpc) is 2.24. The van der Waals surface area contributed by atoms with E-state index >= 15 is 0 Å². The maximum absolute atomic E-state index is 12.1. The van der Waals surface area contributed by atoms with Crippen molar-refractivity contribution in [2.75, 3.05) is 5.32 Å². The van der Waals surface area contributed by atoms with Gasteiger partial charge in [0.25, 0.3) is 0 Å². The van der Waals surface area contributed by atoms with Crippen molar-refractivity contribution in [2.24, 2.45) is 5.92 Å². The Morgan fingerprint density at radius 3 is 2.44 bits per heavy atom. The maximum Gasteiger partial charge on any atom is 0.329 e. The van der Waals surface area contributed by atoms with Crippen molar-refractivity contribution in [3.63, 3.8) is 0 Å². The molecule has 1 unspecified atom stereocenters. The van der Waals surface area contributed by atoms with Gasteiger partial charge < -0.3 is 10.1 Å². The zero-order chi connectivity index (χ0) is 13.8. The predicted molar refractivity (Wildman–Crippen MR) is 72.3 cm³/mol. The second-order valence-electron chi connectivity index (χ2n) is 5.61. The van der Waals surface area contributed by atoms with E-state index in [1.165, 1.54) is 0 Å². The lowest BCUT2D eigenvalue weighted by Crippen LogP contribution is -2.40. The van der Waals surface area contributed by atoms with Crippen LogP contribution in [0.2, 0.25) is 0 Å². The topological polar surface area (TPSA) is 51.2 Å². The SMILES string of the molecule is CC(C)C(Nc1ccccn1)C(=O)OC(C)(C)C. The zero-order valence-electron chi connectivity index (χ0n) is 11.7. The van der Waals surface area contributed by atoms with Gasteiger partial charge in [-0.1, -0.05) is 19.9 Å². The standard InChI is InChI=1S/C14H22N2O2/c1-10(2)12(13(17)18-14(3,4)5)16-11-8-6-7-9-15-11/h6-10,12H,1-5H3,(H,15,16). The average molecular weight is 250 g/mol. The molecule has 0 aliphatic carbocycles. The Bertz CT molecular complexity index is 383. The number of ether oxygens (including phenoxy) is 1. The summed E-state index contributed by atoms with van der Waals surface area (Å²) in [7, 11) is 0. The fraction of sp³-hybridized carbons (Fsp3) is 0.571. The van der Waals surface area contributed by atoms with Crippen LogP contribution in [0.5, 0.6) is 0 Å². The van der Waals surface area contributed by atoms with Crippen LogP contribution in [0.3, 0.4) is 0 Å². The first-order valence-electron chi connectivity index (χ1n) is 6.20. The van der Waals surface area contributed by atoms with Crippen LogP contribution in [-0.4, -0.2) is 22.6 Å². The molecule has 4 nitrogen and oxygen atoms in total. The lowest BCUT2D eigenvalue weighted by atomic mass is 10.0. The van der Waals surface area contributed by atoms with Gasteiger partial charge in [0.1, 0.15) is 17.5 Å². The largest absolute Gasteiger partial charge is 0.458 e. The van der Waals surface area contributed by atoms with Crippen LogP contribution >= 0.6 is 0 Å². The maximum atomic E-state index is 12.1. The summed E-state index contributed by atoms with van der Waals surface area (Å²) in [4.78, 5) is 16.3. The van der Waals surface area contributed by atoms with E-state index in [2.05, 4.69) is 10.3 Å². The van der Waals surface area contributed by atoms with E-state index in [-0.39, 0.29) is 17.9 Å². The van der Waals surface area contributed by atoms with Crippen molar-refractivity contribution in [3.05, 3.63) is 24.4 Å². The lowest BCUT2D eigenvalue weighted by molar-refractivity contribution is -0.156. The molecular weight excluding hydrogens is 228 g/mol. The molecule has 0 saturated carbocycles. The number of nitrogens with one attached hydrogen (secondary N) is 1. The number of aromatic nitrogens is 1. The molecule has 0 aromatic carbocycles. The van der Waals surface area contributed by atoms with Crippen LogP contribution in [0.25, 0.3) is 0 Å². The number of pyridine rings is 1. The summed E-state index contributed by atoms with van der Waals surface area (Å²) in [6, 6.07) is 5.16. The third kappa shape index (κ3) is 4.73. The normalized spacial score (nSPS) is 13.2. The van der Waals surface area contributed by atoms with Crippen LogP contribution in [-0.2, 0) is 9.53 Å². The van der Waals surface area contributed by atoms with Crippen molar-refractivity contribution >= 4 is 11.8 Å². The summed E-state index contributed by atoms with van der Waals surface area (Å²) < 4.78 is 5.40.